The Balaban J connectivity index is 3.79. The van der Waals surface area contributed by atoms with Crippen LogP contribution in [0.4, 0.5) is 0 Å². The Morgan fingerprint density at radius 1 is 1.33 bits per heavy atom. The fraction of sp³-hybridized carbons (Fsp3) is 0.769. The van der Waals surface area contributed by atoms with Crippen LogP contribution < -0.4 is 5.32 Å². The Morgan fingerprint density at radius 3 is 2.47 bits per heavy atom. The minimum Gasteiger partial charge on any atom is -0.352 e. The molecule has 0 aliphatic carbocycles. The molecule has 2 nitrogen and oxygen atoms in total. The van der Waals surface area contributed by atoms with Crippen LogP contribution >= 0.6 is 0 Å². The van der Waals surface area contributed by atoms with Crippen molar-refractivity contribution in [2.24, 2.45) is 5.92 Å². The van der Waals surface area contributed by atoms with Gasteiger partial charge in [0.25, 0.3) is 0 Å². The predicted molar refractivity (Wildman–Crippen MR) is 65.7 cm³/mol. The van der Waals surface area contributed by atoms with Gasteiger partial charge in [0.2, 0.25) is 5.91 Å². The maximum Gasteiger partial charge on any atom is 0.243 e. The van der Waals surface area contributed by atoms with E-state index in [-0.39, 0.29) is 5.91 Å². The molecule has 1 N–H and O–H groups in total. The first-order valence-electron chi connectivity index (χ1n) is 6.02. The molecular weight excluding hydrogens is 186 g/mol. The van der Waals surface area contributed by atoms with Gasteiger partial charge in [-0.3, -0.25) is 4.79 Å². The molecule has 0 aromatic carbocycles. The summed E-state index contributed by atoms with van der Waals surface area (Å²) in [6.45, 7) is 9.09. The van der Waals surface area contributed by atoms with E-state index in [2.05, 4.69) is 19.2 Å². The first kappa shape index (κ1) is 14.2. The van der Waals surface area contributed by atoms with Crippen LogP contribution in [-0.4, -0.2) is 12.5 Å². The third-order valence-corrected chi connectivity index (χ3v) is 2.53. The quantitative estimate of drug-likeness (QED) is 0.643. The molecule has 0 radical (unpaired) electrons. The maximum atomic E-state index is 11.4. The van der Waals surface area contributed by atoms with Crippen molar-refractivity contribution in [1.29, 1.82) is 0 Å². The molecule has 0 aromatic heterocycles. The number of hydrogen-bond donors (Lipinski definition) is 1. The lowest BCUT2D eigenvalue weighted by molar-refractivity contribution is -0.116. The van der Waals surface area contributed by atoms with Crippen molar-refractivity contribution < 1.29 is 4.79 Å². The highest BCUT2D eigenvalue weighted by Gasteiger charge is 2.06. The number of allylic oxidation sites excluding steroid dienone is 1. The van der Waals surface area contributed by atoms with Crippen molar-refractivity contribution >= 4 is 5.91 Å². The lowest BCUT2D eigenvalue weighted by Gasteiger charge is -2.14. The first-order valence-corrected chi connectivity index (χ1v) is 6.02. The second-order valence-electron chi connectivity index (χ2n) is 4.38. The zero-order chi connectivity index (χ0) is 11.7. The minimum absolute atomic E-state index is 0.0462. The smallest absolute Gasteiger partial charge is 0.243 e. The van der Waals surface area contributed by atoms with Crippen LogP contribution in [0, 0.1) is 5.92 Å². The second kappa shape index (κ2) is 8.51. The Morgan fingerprint density at radius 2 is 2.00 bits per heavy atom. The number of carbonyl (C=O) groups excluding carboxylic acids is 1. The van der Waals surface area contributed by atoms with E-state index in [0.717, 1.165) is 18.5 Å². The third kappa shape index (κ3) is 8.22. The van der Waals surface area contributed by atoms with Crippen LogP contribution in [0.2, 0.25) is 0 Å². The number of nitrogens with one attached hydrogen (secondary N) is 1. The molecule has 0 bridgehead atoms. The SMILES string of the molecule is CCCCC(CC)CNC(=O)C=C(C)C. The molecule has 1 amide bonds. The van der Waals surface area contributed by atoms with Crippen LogP contribution in [0.15, 0.2) is 11.6 Å². The lowest BCUT2D eigenvalue weighted by atomic mass is 9.99. The van der Waals surface area contributed by atoms with Crippen molar-refractivity contribution in [3.05, 3.63) is 11.6 Å². The monoisotopic (exact) mass is 211 g/mol. The summed E-state index contributed by atoms with van der Waals surface area (Å²) in [6.07, 6.45) is 6.53. The fourth-order valence-corrected chi connectivity index (χ4v) is 1.50. The molecule has 15 heavy (non-hydrogen) atoms. The summed E-state index contributed by atoms with van der Waals surface area (Å²) in [5.41, 5.74) is 1.05. The highest BCUT2D eigenvalue weighted by atomic mass is 16.1. The maximum absolute atomic E-state index is 11.4. The summed E-state index contributed by atoms with van der Waals surface area (Å²) in [5, 5.41) is 2.96. The van der Waals surface area contributed by atoms with E-state index in [1.54, 1.807) is 6.08 Å². The van der Waals surface area contributed by atoms with Gasteiger partial charge in [0.15, 0.2) is 0 Å². The predicted octanol–water partition coefficient (Wildman–Crippen LogP) is 3.29. The molecule has 0 heterocycles. The van der Waals surface area contributed by atoms with Crippen molar-refractivity contribution in [2.45, 2.75) is 53.4 Å². The van der Waals surface area contributed by atoms with Gasteiger partial charge in [0.05, 0.1) is 0 Å². The summed E-state index contributed by atoms with van der Waals surface area (Å²) in [4.78, 5) is 11.4. The zero-order valence-corrected chi connectivity index (χ0v) is 10.6. The molecule has 88 valence electrons. The Kier molecular flexibility index (Phi) is 8.06. The van der Waals surface area contributed by atoms with E-state index in [1.165, 1.54) is 19.3 Å². The third-order valence-electron chi connectivity index (χ3n) is 2.53. The summed E-state index contributed by atoms with van der Waals surface area (Å²) >= 11 is 0. The van der Waals surface area contributed by atoms with Gasteiger partial charge in [-0.1, -0.05) is 38.7 Å². The molecule has 0 aliphatic heterocycles. The van der Waals surface area contributed by atoms with Gasteiger partial charge in [-0.15, -0.1) is 0 Å². The Bertz CT molecular complexity index is 205. The molecule has 0 rings (SSSR count). The average Bonchev–Trinajstić information content (AvgIpc) is 2.17. The number of amides is 1. The minimum atomic E-state index is 0.0462. The van der Waals surface area contributed by atoms with Crippen molar-refractivity contribution in [3.8, 4) is 0 Å². The molecule has 0 fully saturated rings. The number of carbonyl (C=O) groups is 1. The van der Waals surface area contributed by atoms with E-state index in [9.17, 15) is 4.79 Å². The molecule has 2 heteroatoms. The van der Waals surface area contributed by atoms with Gasteiger partial charge < -0.3 is 5.32 Å². The van der Waals surface area contributed by atoms with Gasteiger partial charge in [-0.25, -0.2) is 0 Å². The highest BCUT2D eigenvalue weighted by Crippen LogP contribution is 2.11. The van der Waals surface area contributed by atoms with Gasteiger partial charge in [0, 0.05) is 12.6 Å². The van der Waals surface area contributed by atoms with Gasteiger partial charge in [0.1, 0.15) is 0 Å². The van der Waals surface area contributed by atoms with Gasteiger partial charge >= 0.3 is 0 Å². The number of hydrogen-bond acceptors (Lipinski definition) is 1. The van der Waals surface area contributed by atoms with E-state index < -0.39 is 0 Å². The second-order valence-corrected chi connectivity index (χ2v) is 4.38. The van der Waals surface area contributed by atoms with Crippen LogP contribution in [0.5, 0.6) is 0 Å². The summed E-state index contributed by atoms with van der Waals surface area (Å²) in [6, 6.07) is 0. The molecule has 1 atom stereocenters. The molecule has 1 unspecified atom stereocenters. The first-order chi connectivity index (χ1) is 7.10. The summed E-state index contributed by atoms with van der Waals surface area (Å²) in [7, 11) is 0. The van der Waals surface area contributed by atoms with E-state index in [1.807, 2.05) is 13.8 Å². The molecule has 0 aliphatic rings. The van der Waals surface area contributed by atoms with Crippen LogP contribution in [-0.2, 0) is 4.79 Å². The zero-order valence-electron chi connectivity index (χ0n) is 10.6. The molecule has 0 saturated carbocycles. The topological polar surface area (TPSA) is 29.1 Å². The molecule has 0 spiro atoms. The normalized spacial score (nSPS) is 12.0. The lowest BCUT2D eigenvalue weighted by Crippen LogP contribution is -2.27. The van der Waals surface area contributed by atoms with E-state index in [4.69, 9.17) is 0 Å². The Hall–Kier alpha value is -0.790. The van der Waals surface area contributed by atoms with E-state index in [0.29, 0.717) is 5.92 Å². The fourth-order valence-electron chi connectivity index (χ4n) is 1.50. The average molecular weight is 211 g/mol. The van der Waals surface area contributed by atoms with Crippen molar-refractivity contribution in [1.82, 2.24) is 5.32 Å². The van der Waals surface area contributed by atoms with Crippen molar-refractivity contribution in [3.63, 3.8) is 0 Å². The van der Waals surface area contributed by atoms with Crippen LogP contribution in [0.25, 0.3) is 0 Å². The standard InChI is InChI=1S/C13H25NO/c1-5-7-8-12(6-2)10-14-13(15)9-11(3)4/h9,12H,5-8,10H2,1-4H3,(H,14,15). The van der Waals surface area contributed by atoms with Gasteiger partial charge in [-0.05, 0) is 26.2 Å². The molecular formula is C13H25NO. The van der Waals surface area contributed by atoms with E-state index >= 15 is 0 Å². The number of rotatable bonds is 7. The number of unbranched alkanes of at least 4 members (excludes halogenated alkanes) is 1. The van der Waals surface area contributed by atoms with Crippen LogP contribution in [0.1, 0.15) is 53.4 Å². The molecule has 0 aromatic rings. The highest BCUT2D eigenvalue weighted by molar-refractivity contribution is 5.87. The summed E-state index contributed by atoms with van der Waals surface area (Å²) < 4.78 is 0. The van der Waals surface area contributed by atoms with Gasteiger partial charge in [-0.2, -0.15) is 0 Å². The Labute approximate surface area is 94.1 Å². The largest absolute Gasteiger partial charge is 0.352 e. The van der Waals surface area contributed by atoms with Crippen LogP contribution in [0.3, 0.4) is 0 Å². The summed E-state index contributed by atoms with van der Waals surface area (Å²) in [5.74, 6) is 0.685. The van der Waals surface area contributed by atoms with Crippen molar-refractivity contribution in [2.75, 3.05) is 6.54 Å². The molecule has 0 saturated heterocycles.